The van der Waals surface area contributed by atoms with Crippen LogP contribution < -0.4 is 0 Å². The Labute approximate surface area is 127 Å². The van der Waals surface area contributed by atoms with Crippen molar-refractivity contribution in [3.05, 3.63) is 11.2 Å². The highest BCUT2D eigenvalue weighted by Crippen LogP contribution is 2.28. The Balaban J connectivity index is 1.90. The molecule has 0 radical (unpaired) electrons. The lowest BCUT2D eigenvalue weighted by Gasteiger charge is -2.24. The number of hydrogen-bond acceptors (Lipinski definition) is 6. The van der Waals surface area contributed by atoms with Crippen LogP contribution in [0.4, 0.5) is 0 Å². The molecule has 1 aromatic rings. The second-order valence-corrected chi connectivity index (χ2v) is 8.33. The molecule has 0 amide bonds. The molecule has 1 atom stereocenters. The lowest BCUT2D eigenvalue weighted by atomic mass is 10.2. The van der Waals surface area contributed by atoms with Crippen molar-refractivity contribution in [2.24, 2.45) is 0 Å². The number of aromatic carboxylic acids is 1. The molecular formula is C12H17N3O4S2. The van der Waals surface area contributed by atoms with Gasteiger partial charge >= 0.3 is 5.97 Å². The van der Waals surface area contributed by atoms with Crippen LogP contribution in [0, 0.1) is 0 Å². The van der Waals surface area contributed by atoms with E-state index in [9.17, 15) is 13.2 Å². The van der Waals surface area contributed by atoms with E-state index in [2.05, 4.69) is 9.88 Å². The molecule has 3 rings (SSSR count). The number of fused-ring (bicyclic) bond motifs is 1. The first kappa shape index (κ1) is 14.9. The number of carboxylic acids is 1. The van der Waals surface area contributed by atoms with Crippen LogP contribution in [0.2, 0.25) is 0 Å². The van der Waals surface area contributed by atoms with Gasteiger partial charge in [0.25, 0.3) is 10.0 Å². The van der Waals surface area contributed by atoms with E-state index in [4.69, 9.17) is 5.11 Å². The molecule has 2 saturated heterocycles. The van der Waals surface area contributed by atoms with Gasteiger partial charge in [-0.1, -0.05) is 0 Å². The van der Waals surface area contributed by atoms with Crippen LogP contribution in [-0.4, -0.2) is 65.9 Å². The van der Waals surface area contributed by atoms with Crippen LogP contribution in [0.5, 0.6) is 0 Å². The van der Waals surface area contributed by atoms with Crippen LogP contribution in [0.25, 0.3) is 0 Å². The molecule has 2 aliphatic rings. The largest absolute Gasteiger partial charge is 0.476 e. The van der Waals surface area contributed by atoms with E-state index in [0.29, 0.717) is 13.1 Å². The maximum atomic E-state index is 12.7. The maximum absolute atomic E-state index is 12.7. The molecule has 0 bridgehead atoms. The third-order valence-corrected chi connectivity index (χ3v) is 7.29. The molecule has 1 aromatic heterocycles. The van der Waals surface area contributed by atoms with Gasteiger partial charge in [0, 0.05) is 19.1 Å². The van der Waals surface area contributed by atoms with Crippen molar-refractivity contribution in [1.82, 2.24) is 14.2 Å². The van der Waals surface area contributed by atoms with Crippen molar-refractivity contribution in [3.8, 4) is 0 Å². The Hall–Kier alpha value is -1.03. The van der Waals surface area contributed by atoms with Crippen LogP contribution in [0.15, 0.2) is 9.72 Å². The number of nitrogens with zero attached hydrogens (tertiary/aromatic N) is 3. The maximum Gasteiger partial charge on any atom is 0.356 e. The highest BCUT2D eigenvalue weighted by molar-refractivity contribution is 7.91. The van der Waals surface area contributed by atoms with Crippen molar-refractivity contribution in [2.75, 3.05) is 26.2 Å². The summed E-state index contributed by atoms with van der Waals surface area (Å²) in [6.45, 7) is 2.82. The normalized spacial score (nSPS) is 24.7. The average molecular weight is 331 g/mol. The van der Waals surface area contributed by atoms with Crippen LogP contribution in [0.3, 0.4) is 0 Å². The van der Waals surface area contributed by atoms with Gasteiger partial charge in [-0.2, -0.15) is 4.31 Å². The zero-order chi connectivity index (χ0) is 15.0. The van der Waals surface area contributed by atoms with Crippen LogP contribution in [0.1, 0.15) is 29.8 Å². The predicted molar refractivity (Wildman–Crippen MR) is 77.0 cm³/mol. The van der Waals surface area contributed by atoms with Gasteiger partial charge in [-0.05, 0) is 32.4 Å². The minimum Gasteiger partial charge on any atom is -0.476 e. The summed E-state index contributed by atoms with van der Waals surface area (Å²) in [6, 6.07) is 0.253. The number of thiazole rings is 1. The predicted octanol–water partition coefficient (Wildman–Crippen LogP) is 0.700. The van der Waals surface area contributed by atoms with Gasteiger partial charge in [0.1, 0.15) is 0 Å². The third-order valence-electron chi connectivity index (χ3n) is 4.08. The van der Waals surface area contributed by atoms with E-state index in [0.717, 1.165) is 43.7 Å². The zero-order valence-electron chi connectivity index (χ0n) is 11.4. The summed E-state index contributed by atoms with van der Waals surface area (Å²) in [6.07, 6.45) is 2.87. The van der Waals surface area contributed by atoms with Gasteiger partial charge in [-0.25, -0.2) is 18.2 Å². The summed E-state index contributed by atoms with van der Waals surface area (Å²) in [5, 5.41) is 9.07. The number of sulfonamides is 1. The molecule has 0 aromatic carbocycles. The van der Waals surface area contributed by atoms with Gasteiger partial charge in [-0.3, -0.25) is 4.90 Å². The van der Waals surface area contributed by atoms with Gasteiger partial charge in [0.2, 0.25) is 0 Å². The number of aromatic nitrogens is 1. The number of carboxylic acid groups (broad SMARTS) is 1. The quantitative estimate of drug-likeness (QED) is 0.877. The fourth-order valence-corrected chi connectivity index (χ4v) is 5.86. The van der Waals surface area contributed by atoms with E-state index in [1.165, 1.54) is 9.82 Å². The molecule has 1 unspecified atom stereocenters. The van der Waals surface area contributed by atoms with Gasteiger partial charge in [-0.15, -0.1) is 11.3 Å². The molecule has 7 nitrogen and oxygen atoms in total. The molecule has 0 saturated carbocycles. The monoisotopic (exact) mass is 331 g/mol. The Bertz CT molecular complexity index is 643. The topological polar surface area (TPSA) is 90.8 Å². The van der Waals surface area contributed by atoms with E-state index >= 15 is 0 Å². The van der Waals surface area contributed by atoms with E-state index < -0.39 is 16.0 Å². The van der Waals surface area contributed by atoms with Crippen LogP contribution in [-0.2, 0) is 10.0 Å². The smallest absolute Gasteiger partial charge is 0.356 e. The van der Waals surface area contributed by atoms with Crippen molar-refractivity contribution in [2.45, 2.75) is 29.5 Å². The fourth-order valence-electron chi connectivity index (χ4n) is 3.07. The minimum atomic E-state index is -3.77. The van der Waals surface area contributed by atoms with Gasteiger partial charge in [0.05, 0.1) is 5.51 Å². The molecule has 21 heavy (non-hydrogen) atoms. The summed E-state index contributed by atoms with van der Waals surface area (Å²) in [7, 11) is -3.77. The Morgan fingerprint density at radius 2 is 2.10 bits per heavy atom. The van der Waals surface area contributed by atoms with Crippen LogP contribution >= 0.6 is 11.3 Å². The second-order valence-electron chi connectivity index (χ2n) is 5.34. The SMILES string of the molecule is O=C(O)c1ncsc1S(=O)(=O)N1CCCN2CCCC2C1. The molecule has 2 aliphatic heterocycles. The summed E-state index contributed by atoms with van der Waals surface area (Å²) >= 11 is 0.875. The van der Waals surface area contributed by atoms with Gasteiger partial charge < -0.3 is 5.11 Å². The highest BCUT2D eigenvalue weighted by Gasteiger charge is 2.37. The van der Waals surface area contributed by atoms with Crippen molar-refractivity contribution in [1.29, 1.82) is 0 Å². The molecule has 0 spiro atoms. The van der Waals surface area contributed by atoms with E-state index in [1.54, 1.807) is 0 Å². The molecule has 1 N–H and O–H groups in total. The highest BCUT2D eigenvalue weighted by atomic mass is 32.2. The number of carbonyl (C=O) groups is 1. The van der Waals surface area contributed by atoms with Crippen molar-refractivity contribution >= 4 is 27.3 Å². The number of rotatable bonds is 3. The van der Waals surface area contributed by atoms with Crippen molar-refractivity contribution in [3.63, 3.8) is 0 Å². The van der Waals surface area contributed by atoms with Crippen molar-refractivity contribution < 1.29 is 18.3 Å². The lowest BCUT2D eigenvalue weighted by molar-refractivity contribution is 0.0687. The summed E-state index contributed by atoms with van der Waals surface area (Å²) in [5.41, 5.74) is 0.906. The first-order valence-electron chi connectivity index (χ1n) is 6.91. The minimum absolute atomic E-state index is 0.151. The third kappa shape index (κ3) is 2.70. The molecule has 116 valence electrons. The lowest BCUT2D eigenvalue weighted by Crippen LogP contribution is -2.39. The standard InChI is InChI=1S/C12H17N3O4S2/c16-11(17)10-12(20-8-13-10)21(18,19)15-6-2-5-14-4-1-3-9(14)7-15/h8-9H,1-7H2,(H,16,17). The first-order chi connectivity index (χ1) is 10.00. The average Bonchev–Trinajstić information content (AvgIpc) is 3.04. The molecule has 0 aliphatic carbocycles. The molecule has 9 heteroatoms. The van der Waals surface area contributed by atoms with E-state index in [-0.39, 0.29) is 15.9 Å². The number of hydrogen-bond donors (Lipinski definition) is 1. The summed E-state index contributed by atoms with van der Waals surface area (Å²) in [5.74, 6) is -1.30. The Morgan fingerprint density at radius 1 is 1.33 bits per heavy atom. The first-order valence-corrected chi connectivity index (χ1v) is 9.23. The fraction of sp³-hybridized carbons (Fsp3) is 0.667. The summed E-state index contributed by atoms with van der Waals surface area (Å²) in [4.78, 5) is 17.1. The zero-order valence-corrected chi connectivity index (χ0v) is 13.1. The second kappa shape index (κ2) is 5.64. The van der Waals surface area contributed by atoms with E-state index in [1.807, 2.05) is 0 Å². The molecule has 3 heterocycles. The van der Waals surface area contributed by atoms with Gasteiger partial charge in [0.15, 0.2) is 9.90 Å². The summed E-state index contributed by atoms with van der Waals surface area (Å²) < 4.78 is 26.7. The Kier molecular flexibility index (Phi) is 4.00. The Morgan fingerprint density at radius 3 is 2.86 bits per heavy atom. The molecular weight excluding hydrogens is 314 g/mol. The molecule has 2 fully saturated rings.